The maximum absolute atomic E-state index is 13.1. The second-order valence-electron chi connectivity index (χ2n) is 6.44. The first-order chi connectivity index (χ1) is 13.4. The van der Waals surface area contributed by atoms with Crippen LogP contribution in [0.4, 0.5) is 10.8 Å². The number of carbonyl (C=O) groups excluding carboxylic acids is 1. The van der Waals surface area contributed by atoms with Gasteiger partial charge in [-0.05, 0) is 30.5 Å². The van der Waals surface area contributed by atoms with E-state index in [-0.39, 0.29) is 10.6 Å². The zero-order valence-corrected chi connectivity index (χ0v) is 17.0. The molecule has 0 saturated carbocycles. The van der Waals surface area contributed by atoms with Crippen molar-refractivity contribution in [2.45, 2.75) is 24.7 Å². The average Bonchev–Trinajstić information content (AvgIpc) is 3.39. The van der Waals surface area contributed by atoms with E-state index < -0.39 is 15.9 Å². The first kappa shape index (κ1) is 18.6. The Morgan fingerprint density at radius 1 is 1.29 bits per heavy atom. The fourth-order valence-corrected chi connectivity index (χ4v) is 5.44. The van der Waals surface area contributed by atoms with Crippen LogP contribution in [0.3, 0.4) is 0 Å². The molecule has 146 valence electrons. The van der Waals surface area contributed by atoms with E-state index in [1.54, 1.807) is 13.1 Å². The highest BCUT2D eigenvalue weighted by molar-refractivity contribution is 7.92. The van der Waals surface area contributed by atoms with Gasteiger partial charge < -0.3 is 4.57 Å². The number of aryl methyl sites for hydroxylation is 2. The second-order valence-corrected chi connectivity index (χ2v) is 9.36. The summed E-state index contributed by atoms with van der Waals surface area (Å²) in [4.78, 5) is 12.7. The van der Waals surface area contributed by atoms with Gasteiger partial charge in [0.15, 0.2) is 0 Å². The molecule has 1 aliphatic rings. The van der Waals surface area contributed by atoms with E-state index in [1.807, 2.05) is 25.1 Å². The molecule has 0 saturated heterocycles. The molecule has 0 spiro atoms. The van der Waals surface area contributed by atoms with Gasteiger partial charge in [-0.1, -0.05) is 36.5 Å². The van der Waals surface area contributed by atoms with E-state index in [1.165, 1.54) is 32.5 Å². The van der Waals surface area contributed by atoms with Gasteiger partial charge in [0.05, 0.1) is 5.69 Å². The first-order valence-electron chi connectivity index (χ1n) is 8.81. The summed E-state index contributed by atoms with van der Waals surface area (Å²) in [5, 5.41) is 11.8. The van der Waals surface area contributed by atoms with Crippen LogP contribution < -0.4 is 9.62 Å². The van der Waals surface area contributed by atoms with Crippen molar-refractivity contribution in [2.24, 2.45) is 7.05 Å². The number of hydrogen-bond acceptors (Lipinski definition) is 6. The highest BCUT2D eigenvalue weighted by Crippen LogP contribution is 2.33. The summed E-state index contributed by atoms with van der Waals surface area (Å²) in [6.07, 6.45) is 2.87. The summed E-state index contributed by atoms with van der Waals surface area (Å²) in [7, 11) is -2.11. The molecule has 10 heteroatoms. The van der Waals surface area contributed by atoms with E-state index in [0.717, 1.165) is 17.0 Å². The van der Waals surface area contributed by atoms with Gasteiger partial charge in [-0.15, -0.1) is 10.2 Å². The molecule has 2 aromatic heterocycles. The predicted molar refractivity (Wildman–Crippen MR) is 107 cm³/mol. The molecule has 3 heterocycles. The number of benzene rings is 1. The summed E-state index contributed by atoms with van der Waals surface area (Å²) in [6, 6.07) is 8.85. The molecule has 0 bridgehead atoms. The summed E-state index contributed by atoms with van der Waals surface area (Å²) < 4.78 is 29.2. The van der Waals surface area contributed by atoms with E-state index in [9.17, 15) is 13.2 Å². The molecule has 1 aliphatic heterocycles. The lowest BCUT2D eigenvalue weighted by Crippen LogP contribution is -2.28. The van der Waals surface area contributed by atoms with Gasteiger partial charge >= 0.3 is 0 Å². The molecule has 1 aromatic carbocycles. The number of aromatic nitrogens is 3. The van der Waals surface area contributed by atoms with Crippen LogP contribution in [0.25, 0.3) is 0 Å². The Morgan fingerprint density at radius 2 is 2.07 bits per heavy atom. The van der Waals surface area contributed by atoms with Gasteiger partial charge in [0.2, 0.25) is 5.13 Å². The van der Waals surface area contributed by atoms with Crippen molar-refractivity contribution in [2.75, 3.05) is 16.2 Å². The van der Waals surface area contributed by atoms with Crippen LogP contribution in [-0.4, -0.2) is 35.6 Å². The van der Waals surface area contributed by atoms with E-state index in [2.05, 4.69) is 15.5 Å². The summed E-state index contributed by atoms with van der Waals surface area (Å²) in [5.74, 6) is -0.426. The predicted octanol–water partition coefficient (Wildman–Crippen LogP) is 2.44. The molecule has 0 radical (unpaired) electrons. The Balaban J connectivity index is 1.61. The topological polar surface area (TPSA) is 97.2 Å². The Kier molecular flexibility index (Phi) is 4.68. The van der Waals surface area contributed by atoms with Crippen molar-refractivity contribution >= 4 is 38.1 Å². The Bertz CT molecular complexity index is 1150. The van der Waals surface area contributed by atoms with Gasteiger partial charge in [0.1, 0.15) is 15.6 Å². The monoisotopic (exact) mass is 417 g/mol. The smallest absolute Gasteiger partial charge is 0.274 e. The van der Waals surface area contributed by atoms with E-state index in [4.69, 9.17) is 0 Å². The molecule has 8 nitrogen and oxygen atoms in total. The average molecular weight is 418 g/mol. The van der Waals surface area contributed by atoms with Crippen LogP contribution in [0.2, 0.25) is 0 Å². The zero-order chi connectivity index (χ0) is 19.9. The first-order valence-corrected chi connectivity index (χ1v) is 11.1. The highest BCUT2D eigenvalue weighted by Gasteiger charge is 2.32. The number of sulfonamides is 1. The Labute approximate surface area is 166 Å². The molecule has 28 heavy (non-hydrogen) atoms. The van der Waals surface area contributed by atoms with Gasteiger partial charge in [-0.2, -0.15) is 0 Å². The zero-order valence-electron chi connectivity index (χ0n) is 15.4. The second kappa shape index (κ2) is 7.02. The number of fused-ring (bicyclic) bond motifs is 1. The Hall–Kier alpha value is -2.72. The lowest BCUT2D eigenvalue weighted by atomic mass is 10.2. The number of rotatable bonds is 5. The minimum absolute atomic E-state index is 0.0864. The minimum atomic E-state index is -3.75. The summed E-state index contributed by atoms with van der Waals surface area (Å²) >= 11 is 1.30. The standard InChI is InChI=1S/C18H19N5O3S2/c1-3-16-20-21-18(27-16)19-17(24)15-10-13(11-22(15)2)28(25,26)23-9-8-12-6-4-5-7-14(12)23/h4-7,10-11H,3,8-9H2,1-2H3,(H,19,21,24). The van der Waals surface area contributed by atoms with E-state index in [0.29, 0.717) is 23.8 Å². The van der Waals surface area contributed by atoms with Crippen molar-refractivity contribution in [1.29, 1.82) is 0 Å². The van der Waals surface area contributed by atoms with Crippen LogP contribution >= 0.6 is 11.3 Å². The molecular weight excluding hydrogens is 398 g/mol. The van der Waals surface area contributed by atoms with Crippen molar-refractivity contribution in [3.05, 3.63) is 52.8 Å². The molecule has 3 aromatic rings. The molecule has 1 amide bonds. The normalized spacial score (nSPS) is 13.6. The third kappa shape index (κ3) is 3.18. The number of nitrogens with zero attached hydrogens (tertiary/aromatic N) is 4. The van der Waals surface area contributed by atoms with Gasteiger partial charge in [0, 0.05) is 19.8 Å². The van der Waals surface area contributed by atoms with Crippen LogP contribution in [0.1, 0.15) is 28.0 Å². The number of hydrogen-bond donors (Lipinski definition) is 1. The molecule has 4 rings (SSSR count). The number of nitrogens with one attached hydrogen (secondary N) is 1. The number of amides is 1. The fraction of sp³-hybridized carbons (Fsp3) is 0.278. The summed E-state index contributed by atoms with van der Waals surface area (Å²) in [5.41, 5.74) is 1.93. The number of para-hydroxylation sites is 1. The summed E-state index contributed by atoms with van der Waals surface area (Å²) in [6.45, 7) is 2.35. The highest BCUT2D eigenvalue weighted by atomic mass is 32.2. The van der Waals surface area contributed by atoms with Crippen molar-refractivity contribution in [3.63, 3.8) is 0 Å². The fourth-order valence-electron chi connectivity index (χ4n) is 3.19. The van der Waals surface area contributed by atoms with Crippen LogP contribution in [0, 0.1) is 0 Å². The Morgan fingerprint density at radius 3 is 2.82 bits per heavy atom. The molecule has 0 atom stereocenters. The number of carbonyl (C=O) groups is 1. The van der Waals surface area contributed by atoms with Crippen molar-refractivity contribution < 1.29 is 13.2 Å². The maximum Gasteiger partial charge on any atom is 0.274 e. The van der Waals surface area contributed by atoms with Gasteiger partial charge in [-0.25, -0.2) is 8.42 Å². The lowest BCUT2D eigenvalue weighted by Gasteiger charge is -2.18. The van der Waals surface area contributed by atoms with Crippen LogP contribution in [0.5, 0.6) is 0 Å². The van der Waals surface area contributed by atoms with Gasteiger partial charge in [0.25, 0.3) is 15.9 Å². The molecular formula is C18H19N5O3S2. The minimum Gasteiger partial charge on any atom is -0.345 e. The number of anilines is 2. The van der Waals surface area contributed by atoms with E-state index >= 15 is 0 Å². The maximum atomic E-state index is 13.1. The third-order valence-electron chi connectivity index (χ3n) is 4.63. The molecule has 0 aliphatic carbocycles. The molecule has 0 fully saturated rings. The van der Waals surface area contributed by atoms with Crippen molar-refractivity contribution in [1.82, 2.24) is 14.8 Å². The van der Waals surface area contributed by atoms with Crippen molar-refractivity contribution in [3.8, 4) is 0 Å². The third-order valence-corrected chi connectivity index (χ3v) is 7.40. The molecule has 1 N–H and O–H groups in total. The lowest BCUT2D eigenvalue weighted by molar-refractivity contribution is 0.101. The SMILES string of the molecule is CCc1nnc(NC(=O)c2cc(S(=O)(=O)N3CCc4ccccc43)cn2C)s1. The van der Waals surface area contributed by atoms with Crippen LogP contribution in [0.15, 0.2) is 41.4 Å². The largest absolute Gasteiger partial charge is 0.345 e. The van der Waals surface area contributed by atoms with Gasteiger partial charge in [-0.3, -0.25) is 14.4 Å². The molecule has 0 unspecified atom stereocenters. The van der Waals surface area contributed by atoms with Crippen LogP contribution in [-0.2, 0) is 29.9 Å². The quantitative estimate of drug-likeness (QED) is 0.688.